The van der Waals surface area contributed by atoms with Crippen molar-refractivity contribution in [3.05, 3.63) is 42.0 Å². The van der Waals surface area contributed by atoms with Gasteiger partial charge in [0.25, 0.3) is 0 Å². The average molecular weight is 398 g/mol. The minimum absolute atomic E-state index is 0.0806. The van der Waals surface area contributed by atoms with Crippen LogP contribution in [-0.4, -0.2) is 58.2 Å². The predicted octanol–water partition coefficient (Wildman–Crippen LogP) is 1.64. The van der Waals surface area contributed by atoms with Gasteiger partial charge in [-0.2, -0.15) is 0 Å². The van der Waals surface area contributed by atoms with Crippen molar-refractivity contribution in [2.45, 2.75) is 25.3 Å². The van der Waals surface area contributed by atoms with Gasteiger partial charge >= 0.3 is 0 Å². The smallest absolute Gasteiger partial charge is 0.233 e. The monoisotopic (exact) mass is 398 g/mol. The van der Waals surface area contributed by atoms with Gasteiger partial charge in [0.15, 0.2) is 0 Å². The number of rotatable bonds is 5. The number of phenolic OH excluding ortho intramolecular Hbond substituents is 1. The molecule has 2 aliphatic heterocycles. The Bertz CT molecular complexity index is 925. The number of amides is 2. The Labute approximate surface area is 169 Å². The SMILES string of the molecule is COCCN1C(=O)C[C@H](C(=O)N2CCCc3cccc(O)c32)[C@H]1c1nccn1C. The molecule has 0 radical (unpaired) electrons. The Kier molecular flexibility index (Phi) is 5.27. The first-order valence-corrected chi connectivity index (χ1v) is 9.90. The number of carbonyl (C=O) groups is 2. The maximum absolute atomic E-state index is 13.7. The summed E-state index contributed by atoms with van der Waals surface area (Å²) in [7, 11) is 3.45. The number of phenols is 1. The summed E-state index contributed by atoms with van der Waals surface area (Å²) in [5.74, 6) is -0.00730. The number of hydrogen-bond acceptors (Lipinski definition) is 5. The molecule has 8 heteroatoms. The molecule has 1 fully saturated rings. The van der Waals surface area contributed by atoms with Gasteiger partial charge in [-0.05, 0) is 24.5 Å². The van der Waals surface area contributed by atoms with Gasteiger partial charge in [-0.15, -0.1) is 0 Å². The number of imidazole rings is 1. The fourth-order valence-corrected chi connectivity index (χ4v) is 4.50. The number of aromatic hydroxyl groups is 1. The fourth-order valence-electron chi connectivity index (χ4n) is 4.50. The molecule has 0 saturated carbocycles. The maximum Gasteiger partial charge on any atom is 0.233 e. The van der Waals surface area contributed by atoms with Gasteiger partial charge in [0, 0.05) is 46.1 Å². The van der Waals surface area contributed by atoms with Crippen LogP contribution in [0.3, 0.4) is 0 Å². The number of ether oxygens (including phenoxy) is 1. The molecule has 8 nitrogen and oxygen atoms in total. The van der Waals surface area contributed by atoms with Crippen LogP contribution in [0.2, 0.25) is 0 Å². The number of aromatic nitrogens is 2. The summed E-state index contributed by atoms with van der Waals surface area (Å²) in [4.78, 5) is 34.3. The molecule has 3 heterocycles. The molecule has 1 N–H and O–H groups in total. The van der Waals surface area contributed by atoms with Gasteiger partial charge < -0.3 is 24.2 Å². The van der Waals surface area contributed by atoms with Crippen molar-refractivity contribution in [2.24, 2.45) is 13.0 Å². The maximum atomic E-state index is 13.7. The number of benzene rings is 1. The van der Waals surface area contributed by atoms with Crippen LogP contribution in [0.5, 0.6) is 5.75 Å². The second kappa shape index (κ2) is 7.87. The van der Waals surface area contributed by atoms with Gasteiger partial charge in [0.1, 0.15) is 17.6 Å². The van der Waals surface area contributed by atoms with Gasteiger partial charge in [0.05, 0.1) is 18.2 Å². The van der Waals surface area contributed by atoms with Crippen molar-refractivity contribution in [1.82, 2.24) is 14.5 Å². The van der Waals surface area contributed by atoms with E-state index in [1.807, 2.05) is 23.9 Å². The number of likely N-dealkylation sites (tertiary alicyclic amines) is 1. The molecule has 0 aliphatic carbocycles. The lowest BCUT2D eigenvalue weighted by Gasteiger charge is -2.34. The van der Waals surface area contributed by atoms with Crippen molar-refractivity contribution in [2.75, 3.05) is 31.7 Å². The molecule has 2 amide bonds. The molecule has 1 saturated heterocycles. The van der Waals surface area contributed by atoms with Crippen LogP contribution in [0.15, 0.2) is 30.6 Å². The van der Waals surface area contributed by atoms with Crippen LogP contribution < -0.4 is 4.90 Å². The van der Waals surface area contributed by atoms with Crippen molar-refractivity contribution >= 4 is 17.5 Å². The fraction of sp³-hybridized carbons (Fsp3) is 0.476. The van der Waals surface area contributed by atoms with E-state index in [1.165, 1.54) is 0 Å². The first-order valence-electron chi connectivity index (χ1n) is 9.90. The lowest BCUT2D eigenvalue weighted by Crippen LogP contribution is -2.42. The van der Waals surface area contributed by atoms with Gasteiger partial charge in [-0.1, -0.05) is 12.1 Å². The summed E-state index contributed by atoms with van der Waals surface area (Å²) in [5, 5.41) is 10.4. The minimum atomic E-state index is -0.564. The van der Waals surface area contributed by atoms with Crippen LogP contribution >= 0.6 is 0 Å². The molecule has 2 atom stereocenters. The summed E-state index contributed by atoms with van der Waals surface area (Å²) in [6.45, 7) is 1.32. The number of hydrogen-bond donors (Lipinski definition) is 1. The van der Waals surface area contributed by atoms with E-state index in [9.17, 15) is 14.7 Å². The molecule has 0 spiro atoms. The summed E-state index contributed by atoms with van der Waals surface area (Å²) < 4.78 is 7.02. The van der Waals surface area contributed by atoms with E-state index in [-0.39, 0.29) is 24.0 Å². The van der Waals surface area contributed by atoms with E-state index in [4.69, 9.17) is 4.74 Å². The van der Waals surface area contributed by atoms with Crippen molar-refractivity contribution < 1.29 is 19.4 Å². The van der Waals surface area contributed by atoms with Gasteiger partial charge in [-0.3, -0.25) is 9.59 Å². The van der Waals surface area contributed by atoms with Gasteiger partial charge in [-0.25, -0.2) is 4.98 Å². The minimum Gasteiger partial charge on any atom is -0.506 e. The third-order valence-electron chi connectivity index (χ3n) is 5.87. The largest absolute Gasteiger partial charge is 0.506 e. The number of nitrogens with zero attached hydrogens (tertiary/aromatic N) is 4. The summed E-state index contributed by atoms with van der Waals surface area (Å²) >= 11 is 0. The molecule has 0 unspecified atom stereocenters. The molecule has 29 heavy (non-hydrogen) atoms. The van der Waals surface area contributed by atoms with Crippen LogP contribution in [0, 0.1) is 5.92 Å². The van der Waals surface area contributed by atoms with Crippen molar-refractivity contribution in [1.29, 1.82) is 0 Å². The highest BCUT2D eigenvalue weighted by Crippen LogP contribution is 2.42. The first kappa shape index (κ1) is 19.4. The second-order valence-corrected chi connectivity index (χ2v) is 7.61. The number of para-hydroxylation sites is 1. The molecule has 154 valence electrons. The second-order valence-electron chi connectivity index (χ2n) is 7.61. The van der Waals surface area contributed by atoms with E-state index in [2.05, 4.69) is 4.98 Å². The summed E-state index contributed by atoms with van der Waals surface area (Å²) in [5.41, 5.74) is 1.53. The topological polar surface area (TPSA) is 87.9 Å². The van der Waals surface area contributed by atoms with E-state index < -0.39 is 12.0 Å². The number of carbonyl (C=O) groups excluding carboxylic acids is 2. The van der Waals surface area contributed by atoms with E-state index in [0.29, 0.717) is 31.2 Å². The number of anilines is 1. The molecule has 1 aromatic carbocycles. The molecule has 4 rings (SSSR count). The standard InChI is InChI=1S/C21H26N4O4/c1-23-10-8-22-20(23)19-15(13-17(27)24(19)11-12-29-2)21(28)25-9-4-6-14-5-3-7-16(26)18(14)25/h3,5,7-8,10,15,19,26H,4,6,9,11-13H2,1-2H3/t15-,19-/m0/s1. The molecule has 2 aliphatic rings. The van der Waals surface area contributed by atoms with Crippen LogP contribution in [0.1, 0.15) is 30.3 Å². The first-order chi connectivity index (χ1) is 14.0. The lowest BCUT2D eigenvalue weighted by molar-refractivity contribution is -0.129. The zero-order valence-corrected chi connectivity index (χ0v) is 16.7. The molecule has 0 bridgehead atoms. The van der Waals surface area contributed by atoms with Crippen LogP contribution in [0.25, 0.3) is 0 Å². The Morgan fingerprint density at radius 2 is 2.21 bits per heavy atom. The highest BCUT2D eigenvalue weighted by atomic mass is 16.5. The van der Waals surface area contributed by atoms with Gasteiger partial charge in [0.2, 0.25) is 11.8 Å². The lowest BCUT2D eigenvalue weighted by atomic mass is 9.94. The highest BCUT2D eigenvalue weighted by molar-refractivity contribution is 6.01. The molecule has 1 aromatic heterocycles. The summed E-state index contributed by atoms with van der Waals surface area (Å²) in [6, 6.07) is 4.88. The molecule has 2 aromatic rings. The van der Waals surface area contributed by atoms with Crippen molar-refractivity contribution in [3.63, 3.8) is 0 Å². The summed E-state index contributed by atoms with van der Waals surface area (Å²) in [6.07, 6.45) is 5.26. The Morgan fingerprint density at radius 1 is 1.38 bits per heavy atom. The number of fused-ring (bicyclic) bond motifs is 1. The Morgan fingerprint density at radius 3 is 2.93 bits per heavy atom. The van der Waals surface area contributed by atoms with Crippen LogP contribution in [-0.2, 0) is 27.8 Å². The zero-order chi connectivity index (χ0) is 20.5. The third-order valence-corrected chi connectivity index (χ3v) is 5.87. The van der Waals surface area contributed by atoms with E-state index in [0.717, 1.165) is 18.4 Å². The molecular weight excluding hydrogens is 372 g/mol. The van der Waals surface area contributed by atoms with E-state index in [1.54, 1.807) is 35.2 Å². The predicted molar refractivity (Wildman–Crippen MR) is 106 cm³/mol. The molecular formula is C21H26N4O4. The van der Waals surface area contributed by atoms with E-state index >= 15 is 0 Å². The quantitative estimate of drug-likeness (QED) is 0.827. The average Bonchev–Trinajstić information content (AvgIpc) is 3.28. The zero-order valence-electron chi connectivity index (χ0n) is 16.7. The number of aryl methyl sites for hydroxylation is 2. The third kappa shape index (κ3) is 3.37. The number of methoxy groups -OCH3 is 1. The normalized spacial score (nSPS) is 21.5. The van der Waals surface area contributed by atoms with Crippen molar-refractivity contribution in [3.8, 4) is 5.75 Å². The van der Waals surface area contributed by atoms with Crippen LogP contribution in [0.4, 0.5) is 5.69 Å². The Hall–Kier alpha value is -2.87. The highest BCUT2D eigenvalue weighted by Gasteiger charge is 2.48. The Balaban J connectivity index is 1.71.